The molecule has 0 spiro atoms. The first-order valence-electron chi connectivity index (χ1n) is 6.55. The Bertz CT molecular complexity index is 903. The van der Waals surface area contributed by atoms with Crippen LogP contribution in [0.3, 0.4) is 0 Å². The lowest BCUT2D eigenvalue weighted by Crippen LogP contribution is -2.12. The number of benzene rings is 2. The van der Waals surface area contributed by atoms with Gasteiger partial charge in [-0.05, 0) is 30.3 Å². The Labute approximate surface area is 129 Å². The van der Waals surface area contributed by atoms with Crippen LogP contribution >= 0.6 is 0 Å². The number of ether oxygens (including phenoxy) is 1. The molecule has 2 aromatic carbocycles. The third kappa shape index (κ3) is 2.82. The maximum Gasteiger partial charge on any atom is 0.312 e. The summed E-state index contributed by atoms with van der Waals surface area (Å²) in [6.07, 6.45) is 1.29. The quantitative estimate of drug-likeness (QED) is 0.586. The van der Waals surface area contributed by atoms with Gasteiger partial charge < -0.3 is 14.5 Å². The molecule has 8 nitrogen and oxygen atoms in total. The van der Waals surface area contributed by atoms with Crippen molar-refractivity contribution in [1.29, 1.82) is 0 Å². The molecule has 0 aliphatic heterocycles. The van der Waals surface area contributed by atoms with E-state index < -0.39 is 10.8 Å². The van der Waals surface area contributed by atoms with Gasteiger partial charge in [-0.2, -0.15) is 0 Å². The average Bonchev–Trinajstić information content (AvgIpc) is 3.02. The topological polar surface area (TPSA) is 108 Å². The number of anilines is 1. The fourth-order valence-electron chi connectivity index (χ4n) is 2.11. The molecule has 8 heteroatoms. The predicted molar refractivity (Wildman–Crippen MR) is 81.6 cm³/mol. The lowest BCUT2D eigenvalue weighted by Gasteiger charge is -2.07. The number of carbonyl (C=O) groups excluding carboxylic acids is 1. The van der Waals surface area contributed by atoms with E-state index in [9.17, 15) is 14.9 Å². The molecular formula is C15H11N3O5. The number of nitrogens with one attached hydrogen (secondary N) is 1. The fourth-order valence-corrected chi connectivity index (χ4v) is 2.11. The van der Waals surface area contributed by atoms with Crippen molar-refractivity contribution in [2.24, 2.45) is 0 Å². The molecule has 0 fully saturated rings. The van der Waals surface area contributed by atoms with E-state index in [4.69, 9.17) is 9.15 Å². The molecule has 0 aliphatic rings. The highest BCUT2D eigenvalue weighted by Gasteiger charge is 2.16. The summed E-state index contributed by atoms with van der Waals surface area (Å²) in [6.45, 7) is 0. The van der Waals surface area contributed by atoms with Crippen molar-refractivity contribution in [2.45, 2.75) is 0 Å². The summed E-state index contributed by atoms with van der Waals surface area (Å²) in [4.78, 5) is 26.6. The van der Waals surface area contributed by atoms with Gasteiger partial charge in [0.15, 0.2) is 17.7 Å². The number of rotatable bonds is 4. The maximum absolute atomic E-state index is 12.2. The maximum atomic E-state index is 12.2. The first kappa shape index (κ1) is 14.5. The smallest absolute Gasteiger partial charge is 0.312 e. The number of fused-ring (bicyclic) bond motifs is 1. The van der Waals surface area contributed by atoms with Gasteiger partial charge in [-0.1, -0.05) is 0 Å². The normalized spacial score (nSPS) is 10.5. The van der Waals surface area contributed by atoms with Gasteiger partial charge in [0.2, 0.25) is 0 Å². The number of hydrogen-bond donors (Lipinski definition) is 1. The number of hydrogen-bond acceptors (Lipinski definition) is 6. The second-order valence-electron chi connectivity index (χ2n) is 4.63. The summed E-state index contributed by atoms with van der Waals surface area (Å²) >= 11 is 0. The van der Waals surface area contributed by atoms with Crippen LogP contribution in [0.2, 0.25) is 0 Å². The molecule has 1 N–H and O–H groups in total. The van der Waals surface area contributed by atoms with E-state index in [1.807, 2.05) is 0 Å². The number of amides is 1. The Morgan fingerprint density at radius 2 is 2.13 bits per heavy atom. The van der Waals surface area contributed by atoms with Crippen LogP contribution in [0.4, 0.5) is 11.4 Å². The highest BCUT2D eigenvalue weighted by atomic mass is 16.6. The predicted octanol–water partition coefficient (Wildman–Crippen LogP) is 3.00. The minimum absolute atomic E-state index is 0.122. The van der Waals surface area contributed by atoms with Crippen LogP contribution in [0.5, 0.6) is 5.75 Å². The molecular weight excluding hydrogens is 302 g/mol. The molecule has 0 bridgehead atoms. The minimum Gasteiger partial charge on any atom is -0.490 e. The van der Waals surface area contributed by atoms with E-state index in [-0.39, 0.29) is 11.4 Å². The highest BCUT2D eigenvalue weighted by molar-refractivity contribution is 6.06. The van der Waals surface area contributed by atoms with Crippen molar-refractivity contribution >= 4 is 28.4 Å². The molecule has 0 saturated carbocycles. The van der Waals surface area contributed by atoms with Crippen LogP contribution in [0.15, 0.2) is 47.2 Å². The number of methoxy groups -OCH3 is 1. The molecule has 0 radical (unpaired) electrons. The van der Waals surface area contributed by atoms with Crippen molar-refractivity contribution < 1.29 is 18.9 Å². The summed E-state index contributed by atoms with van der Waals surface area (Å²) in [7, 11) is 1.34. The van der Waals surface area contributed by atoms with Crippen LogP contribution in [-0.2, 0) is 0 Å². The number of oxazole rings is 1. The third-order valence-electron chi connectivity index (χ3n) is 3.23. The lowest BCUT2D eigenvalue weighted by atomic mass is 10.2. The Kier molecular flexibility index (Phi) is 3.63. The van der Waals surface area contributed by atoms with E-state index >= 15 is 0 Å². The molecule has 0 unspecified atom stereocenters. The molecule has 1 amide bonds. The number of carbonyl (C=O) groups is 1. The largest absolute Gasteiger partial charge is 0.490 e. The van der Waals surface area contributed by atoms with Crippen molar-refractivity contribution in [2.75, 3.05) is 12.4 Å². The molecule has 116 valence electrons. The zero-order chi connectivity index (χ0) is 16.4. The fraction of sp³-hybridized carbons (Fsp3) is 0.0667. The summed E-state index contributed by atoms with van der Waals surface area (Å²) in [5.41, 5.74) is 1.56. The first-order chi connectivity index (χ1) is 11.1. The molecule has 1 aromatic heterocycles. The highest BCUT2D eigenvalue weighted by Crippen LogP contribution is 2.29. The minimum atomic E-state index is -0.573. The molecule has 1 heterocycles. The Morgan fingerprint density at radius 1 is 1.30 bits per heavy atom. The van der Waals surface area contributed by atoms with Crippen LogP contribution < -0.4 is 10.1 Å². The summed E-state index contributed by atoms with van der Waals surface area (Å²) in [5.74, 6) is -0.286. The zero-order valence-corrected chi connectivity index (χ0v) is 12.0. The molecule has 23 heavy (non-hydrogen) atoms. The van der Waals surface area contributed by atoms with Crippen molar-refractivity contribution in [3.8, 4) is 5.75 Å². The van der Waals surface area contributed by atoms with Crippen LogP contribution in [0.1, 0.15) is 10.4 Å². The Balaban J connectivity index is 1.87. The summed E-state index contributed by atoms with van der Waals surface area (Å²) < 4.78 is 10.0. The molecule has 3 rings (SSSR count). The van der Waals surface area contributed by atoms with Crippen molar-refractivity contribution in [3.05, 3.63) is 58.5 Å². The molecule has 3 aromatic rings. The van der Waals surface area contributed by atoms with Crippen LogP contribution in [0.25, 0.3) is 11.1 Å². The number of nitro groups is 1. The van der Waals surface area contributed by atoms with E-state index in [0.717, 1.165) is 0 Å². The third-order valence-corrected chi connectivity index (χ3v) is 3.23. The van der Waals surface area contributed by atoms with Crippen molar-refractivity contribution in [3.63, 3.8) is 0 Å². The van der Waals surface area contributed by atoms with E-state index in [2.05, 4.69) is 10.3 Å². The molecule has 0 aliphatic carbocycles. The van der Waals surface area contributed by atoms with Gasteiger partial charge in [-0.15, -0.1) is 0 Å². The van der Waals surface area contributed by atoms with Gasteiger partial charge in [0, 0.05) is 17.3 Å². The van der Waals surface area contributed by atoms with Gasteiger partial charge in [-0.25, -0.2) is 4.98 Å². The number of nitrogens with zero attached hydrogens (tertiary/aromatic N) is 2. The van der Waals surface area contributed by atoms with E-state index in [1.165, 1.54) is 31.7 Å². The van der Waals surface area contributed by atoms with Crippen molar-refractivity contribution in [1.82, 2.24) is 4.98 Å². The van der Waals surface area contributed by atoms with Crippen LogP contribution in [0, 0.1) is 10.1 Å². The second kappa shape index (κ2) is 5.76. The molecule has 0 saturated heterocycles. The summed E-state index contributed by atoms with van der Waals surface area (Å²) in [5, 5.41) is 13.6. The van der Waals surface area contributed by atoms with E-state index in [1.54, 1.807) is 18.2 Å². The van der Waals surface area contributed by atoms with Gasteiger partial charge >= 0.3 is 5.69 Å². The van der Waals surface area contributed by atoms with Gasteiger partial charge in [0.05, 0.1) is 12.0 Å². The van der Waals surface area contributed by atoms with Gasteiger partial charge in [0.1, 0.15) is 5.52 Å². The number of nitro benzene ring substituents is 1. The van der Waals surface area contributed by atoms with Crippen LogP contribution in [-0.4, -0.2) is 22.9 Å². The first-order valence-corrected chi connectivity index (χ1v) is 6.55. The van der Waals surface area contributed by atoms with Gasteiger partial charge in [0.25, 0.3) is 5.91 Å². The van der Waals surface area contributed by atoms with E-state index in [0.29, 0.717) is 22.4 Å². The standard InChI is InChI=1S/C15H11N3O5/c1-22-14-5-3-10(7-12(14)18(20)21)17-15(19)9-2-4-13-11(6-9)16-8-23-13/h2-8H,1H3,(H,17,19). The monoisotopic (exact) mass is 313 g/mol. The molecule has 0 atom stereocenters. The zero-order valence-electron chi connectivity index (χ0n) is 12.0. The average molecular weight is 313 g/mol. The Hall–Kier alpha value is -3.42. The van der Waals surface area contributed by atoms with Gasteiger partial charge in [-0.3, -0.25) is 14.9 Å². The SMILES string of the molecule is COc1ccc(NC(=O)c2ccc3ocnc3c2)cc1[N+](=O)[O-]. The lowest BCUT2D eigenvalue weighted by molar-refractivity contribution is -0.385. The Morgan fingerprint density at radius 3 is 2.87 bits per heavy atom. The second-order valence-corrected chi connectivity index (χ2v) is 4.63. The number of aromatic nitrogens is 1. The summed E-state index contributed by atoms with van der Waals surface area (Å²) in [6, 6.07) is 8.99.